The van der Waals surface area contributed by atoms with E-state index in [4.69, 9.17) is 14.2 Å². The SMILES string of the molecule is COC(=O)OC1CC2=CC=C3[C@@H]4CC[C@H](C(C)C5OCC(C)(C)CO5)[C@@]4(C)CC[C@@H]3[C@@]2(C)C(O)C1. The zero-order valence-electron chi connectivity index (χ0n) is 22.3. The second kappa shape index (κ2) is 8.88. The fraction of sp³-hybridized carbons (Fsp3) is 0.828. The first-order valence-electron chi connectivity index (χ1n) is 13.6. The van der Waals surface area contributed by atoms with E-state index in [9.17, 15) is 9.90 Å². The third-order valence-corrected chi connectivity index (χ3v) is 10.5. The third kappa shape index (κ3) is 4.08. The molecule has 196 valence electrons. The van der Waals surface area contributed by atoms with Gasteiger partial charge in [0.05, 0.1) is 26.4 Å². The molecular weight excluding hydrogens is 444 g/mol. The molecule has 6 heteroatoms. The molecule has 0 aromatic carbocycles. The molecule has 6 nitrogen and oxygen atoms in total. The van der Waals surface area contributed by atoms with Crippen LogP contribution in [0.15, 0.2) is 23.3 Å². The van der Waals surface area contributed by atoms with Gasteiger partial charge in [-0.25, -0.2) is 4.79 Å². The van der Waals surface area contributed by atoms with Crippen molar-refractivity contribution in [1.82, 2.24) is 0 Å². The molecule has 1 N–H and O–H groups in total. The van der Waals surface area contributed by atoms with E-state index in [1.807, 2.05) is 0 Å². The molecule has 4 aliphatic carbocycles. The van der Waals surface area contributed by atoms with Gasteiger partial charge in [-0.2, -0.15) is 0 Å². The molecule has 1 aliphatic heterocycles. The van der Waals surface area contributed by atoms with Crippen LogP contribution in [0.2, 0.25) is 0 Å². The van der Waals surface area contributed by atoms with Crippen molar-refractivity contribution < 1.29 is 28.8 Å². The number of aliphatic hydroxyl groups is 1. The smallest absolute Gasteiger partial charge is 0.438 e. The lowest BCUT2D eigenvalue weighted by molar-refractivity contribution is -0.252. The number of rotatable bonds is 3. The Labute approximate surface area is 210 Å². The average Bonchev–Trinajstić information content (AvgIpc) is 3.16. The van der Waals surface area contributed by atoms with Gasteiger partial charge in [-0.05, 0) is 48.9 Å². The zero-order valence-corrected chi connectivity index (χ0v) is 22.3. The minimum atomic E-state index is -0.674. The topological polar surface area (TPSA) is 74.2 Å². The van der Waals surface area contributed by atoms with Crippen LogP contribution in [0.3, 0.4) is 0 Å². The minimum absolute atomic E-state index is 0.0878. The highest BCUT2D eigenvalue weighted by Gasteiger charge is 2.60. The van der Waals surface area contributed by atoms with Crippen molar-refractivity contribution >= 4 is 6.16 Å². The van der Waals surface area contributed by atoms with Crippen LogP contribution in [0.5, 0.6) is 0 Å². The number of hydrogen-bond donors (Lipinski definition) is 1. The minimum Gasteiger partial charge on any atom is -0.438 e. The summed E-state index contributed by atoms with van der Waals surface area (Å²) in [5.41, 5.74) is 2.74. The number of hydrogen-bond acceptors (Lipinski definition) is 6. The van der Waals surface area contributed by atoms with Gasteiger partial charge < -0.3 is 24.1 Å². The lowest BCUT2D eigenvalue weighted by atomic mass is 9.49. The molecule has 1 heterocycles. The average molecular weight is 489 g/mol. The van der Waals surface area contributed by atoms with E-state index in [2.05, 4.69) is 51.5 Å². The molecule has 3 saturated carbocycles. The highest BCUT2D eigenvalue weighted by Crippen LogP contribution is 2.66. The van der Waals surface area contributed by atoms with Crippen LogP contribution in [-0.4, -0.2) is 50.1 Å². The molecule has 0 aromatic rings. The molecule has 0 radical (unpaired) electrons. The van der Waals surface area contributed by atoms with Gasteiger partial charge in [-0.3, -0.25) is 0 Å². The second-order valence-corrected chi connectivity index (χ2v) is 13.1. The summed E-state index contributed by atoms with van der Waals surface area (Å²) in [6.07, 6.45) is 8.65. The monoisotopic (exact) mass is 488 g/mol. The molecule has 35 heavy (non-hydrogen) atoms. The summed E-state index contributed by atoms with van der Waals surface area (Å²) in [7, 11) is 1.32. The van der Waals surface area contributed by atoms with Gasteiger partial charge in [-0.15, -0.1) is 0 Å². The molecule has 0 spiro atoms. The number of carbonyl (C=O) groups is 1. The van der Waals surface area contributed by atoms with Crippen LogP contribution in [0.1, 0.15) is 73.1 Å². The van der Waals surface area contributed by atoms with E-state index < -0.39 is 12.3 Å². The lowest BCUT2D eigenvalue weighted by Gasteiger charge is -2.56. The van der Waals surface area contributed by atoms with Crippen LogP contribution < -0.4 is 0 Å². The van der Waals surface area contributed by atoms with Gasteiger partial charge in [0.2, 0.25) is 0 Å². The standard InChI is InChI=1S/C29H44O6/c1-17(25-33-15-27(2,3)16-34-25)21-9-10-22-20-8-7-18-13-19(35-26(31)32-6)14-24(30)29(18,5)23(20)11-12-28(21,22)4/h7-8,17,19,21-25,30H,9-16H2,1-6H3/t17?,19?,21-,22+,23+,24?,28-,29+/m1/s1. The van der Waals surface area contributed by atoms with Crippen LogP contribution in [0, 0.1) is 39.9 Å². The van der Waals surface area contributed by atoms with Gasteiger partial charge >= 0.3 is 6.16 Å². The molecule has 8 atom stereocenters. The van der Waals surface area contributed by atoms with E-state index in [1.165, 1.54) is 31.1 Å². The maximum atomic E-state index is 11.7. The van der Waals surface area contributed by atoms with Crippen LogP contribution >= 0.6 is 0 Å². The highest BCUT2D eigenvalue weighted by molar-refractivity contribution is 5.60. The summed E-state index contributed by atoms with van der Waals surface area (Å²) >= 11 is 0. The molecular formula is C29H44O6. The third-order valence-electron chi connectivity index (χ3n) is 10.5. The van der Waals surface area contributed by atoms with Crippen molar-refractivity contribution in [1.29, 1.82) is 0 Å². The number of fused-ring (bicyclic) bond motifs is 5. The van der Waals surface area contributed by atoms with E-state index in [1.54, 1.807) is 0 Å². The largest absolute Gasteiger partial charge is 0.508 e. The highest BCUT2D eigenvalue weighted by atomic mass is 16.7. The Morgan fingerprint density at radius 3 is 2.49 bits per heavy atom. The summed E-state index contributed by atoms with van der Waals surface area (Å²) in [4.78, 5) is 11.7. The van der Waals surface area contributed by atoms with Gasteiger partial charge in [0.15, 0.2) is 6.29 Å². The van der Waals surface area contributed by atoms with Gasteiger partial charge in [-0.1, -0.05) is 57.9 Å². The first kappa shape index (κ1) is 25.3. The Hall–Kier alpha value is -1.37. The van der Waals surface area contributed by atoms with E-state index in [-0.39, 0.29) is 28.6 Å². The summed E-state index contributed by atoms with van der Waals surface area (Å²) in [5.74, 6) is 1.79. The maximum Gasteiger partial charge on any atom is 0.508 e. The number of carbonyl (C=O) groups excluding carboxylic acids is 1. The Balaban J connectivity index is 1.36. The van der Waals surface area contributed by atoms with Crippen molar-refractivity contribution in [2.24, 2.45) is 39.9 Å². The molecule has 0 bridgehead atoms. The zero-order chi connectivity index (χ0) is 25.2. The molecule has 0 amide bonds. The van der Waals surface area contributed by atoms with E-state index >= 15 is 0 Å². The van der Waals surface area contributed by atoms with Crippen LogP contribution in [0.4, 0.5) is 4.79 Å². The number of ether oxygens (including phenoxy) is 4. The van der Waals surface area contributed by atoms with Gasteiger partial charge in [0, 0.05) is 29.6 Å². The summed E-state index contributed by atoms with van der Waals surface area (Å²) in [6.45, 7) is 13.0. The Bertz CT molecular complexity index is 897. The predicted octanol–water partition coefficient (Wildman–Crippen LogP) is 5.64. The quantitative estimate of drug-likeness (QED) is 0.518. The number of allylic oxidation sites excluding steroid dienone is 3. The van der Waals surface area contributed by atoms with Crippen LogP contribution in [-0.2, 0) is 18.9 Å². The van der Waals surface area contributed by atoms with Crippen molar-refractivity contribution in [3.63, 3.8) is 0 Å². The van der Waals surface area contributed by atoms with Crippen molar-refractivity contribution in [2.75, 3.05) is 20.3 Å². The molecule has 4 fully saturated rings. The Morgan fingerprint density at radius 2 is 1.80 bits per heavy atom. The molecule has 5 aliphatic rings. The van der Waals surface area contributed by atoms with Crippen molar-refractivity contribution in [2.45, 2.75) is 91.6 Å². The normalized spacial score (nSPS) is 43.7. The predicted molar refractivity (Wildman–Crippen MR) is 132 cm³/mol. The van der Waals surface area contributed by atoms with Gasteiger partial charge in [0.25, 0.3) is 0 Å². The number of methoxy groups -OCH3 is 1. The first-order valence-corrected chi connectivity index (χ1v) is 13.6. The fourth-order valence-electron chi connectivity index (χ4n) is 8.41. The van der Waals surface area contributed by atoms with Crippen molar-refractivity contribution in [3.8, 4) is 0 Å². The maximum absolute atomic E-state index is 11.7. The summed E-state index contributed by atoms with van der Waals surface area (Å²) in [6, 6.07) is 0. The van der Waals surface area contributed by atoms with Crippen LogP contribution in [0.25, 0.3) is 0 Å². The number of aliphatic hydroxyl groups excluding tert-OH is 1. The molecule has 3 unspecified atom stereocenters. The lowest BCUT2D eigenvalue weighted by Crippen LogP contribution is -2.53. The van der Waals surface area contributed by atoms with E-state index in [0.29, 0.717) is 36.5 Å². The second-order valence-electron chi connectivity index (χ2n) is 13.1. The first-order chi connectivity index (χ1) is 16.5. The summed E-state index contributed by atoms with van der Waals surface area (Å²) in [5, 5.41) is 11.4. The molecule has 0 aromatic heterocycles. The van der Waals surface area contributed by atoms with Crippen molar-refractivity contribution in [3.05, 3.63) is 23.3 Å². The summed E-state index contributed by atoms with van der Waals surface area (Å²) < 4.78 is 22.6. The molecule has 5 rings (SSSR count). The Morgan fingerprint density at radius 1 is 1.09 bits per heavy atom. The van der Waals surface area contributed by atoms with Gasteiger partial charge in [0.1, 0.15) is 6.10 Å². The Kier molecular flexibility index (Phi) is 6.42. The fourth-order valence-corrected chi connectivity index (χ4v) is 8.41. The van der Waals surface area contributed by atoms with E-state index in [0.717, 1.165) is 26.1 Å². The molecule has 1 saturated heterocycles.